The SMILES string of the molecule is COC(=O)[C@H]1OC[C@@H]2CC[C@@H](Cl)[C@H]21. The molecule has 3 nitrogen and oxygen atoms in total. The van der Waals surface area contributed by atoms with Crippen LogP contribution in [0, 0.1) is 11.8 Å². The summed E-state index contributed by atoms with van der Waals surface area (Å²) in [5, 5.41) is 0.0802. The Kier molecular flexibility index (Phi) is 2.47. The Morgan fingerprint density at radius 1 is 1.54 bits per heavy atom. The lowest BCUT2D eigenvalue weighted by molar-refractivity contribution is -0.153. The average molecular weight is 205 g/mol. The minimum Gasteiger partial charge on any atom is -0.467 e. The number of esters is 1. The summed E-state index contributed by atoms with van der Waals surface area (Å²) in [7, 11) is 1.39. The summed E-state index contributed by atoms with van der Waals surface area (Å²) < 4.78 is 10.1. The quantitative estimate of drug-likeness (QED) is 0.476. The first kappa shape index (κ1) is 9.28. The highest BCUT2D eigenvalue weighted by atomic mass is 35.5. The van der Waals surface area contributed by atoms with Crippen LogP contribution in [0.4, 0.5) is 0 Å². The minimum absolute atomic E-state index is 0.0802. The third kappa shape index (κ3) is 1.44. The van der Waals surface area contributed by atoms with Gasteiger partial charge in [-0.25, -0.2) is 4.79 Å². The fourth-order valence-electron chi connectivity index (χ4n) is 2.36. The van der Waals surface area contributed by atoms with Crippen LogP contribution in [0.5, 0.6) is 0 Å². The van der Waals surface area contributed by atoms with Crippen molar-refractivity contribution < 1.29 is 14.3 Å². The molecule has 1 heterocycles. The third-order valence-electron chi connectivity index (χ3n) is 3.05. The molecule has 0 N–H and O–H groups in total. The number of carbonyl (C=O) groups excluding carboxylic acids is 1. The van der Waals surface area contributed by atoms with Crippen LogP contribution >= 0.6 is 11.6 Å². The van der Waals surface area contributed by atoms with Crippen molar-refractivity contribution in [3.8, 4) is 0 Å². The number of fused-ring (bicyclic) bond motifs is 1. The van der Waals surface area contributed by atoms with Crippen LogP contribution in [0.25, 0.3) is 0 Å². The van der Waals surface area contributed by atoms with E-state index in [1.54, 1.807) is 0 Å². The third-order valence-corrected chi connectivity index (χ3v) is 3.56. The summed E-state index contributed by atoms with van der Waals surface area (Å²) in [5.74, 6) is 0.362. The van der Waals surface area contributed by atoms with E-state index >= 15 is 0 Å². The van der Waals surface area contributed by atoms with Gasteiger partial charge in [0, 0.05) is 11.3 Å². The van der Waals surface area contributed by atoms with Crippen molar-refractivity contribution in [2.75, 3.05) is 13.7 Å². The zero-order valence-electron chi connectivity index (χ0n) is 7.53. The van der Waals surface area contributed by atoms with Crippen molar-refractivity contribution >= 4 is 17.6 Å². The number of hydrogen-bond donors (Lipinski definition) is 0. The highest BCUT2D eigenvalue weighted by Gasteiger charge is 2.49. The van der Waals surface area contributed by atoms with Crippen LogP contribution in [0.2, 0.25) is 0 Å². The first-order valence-electron chi connectivity index (χ1n) is 4.57. The highest BCUT2D eigenvalue weighted by molar-refractivity contribution is 6.21. The molecule has 1 aliphatic heterocycles. The standard InChI is InChI=1S/C9H13ClO3/c1-12-9(11)8-7-5(4-13-8)2-3-6(7)10/h5-8H,2-4H2,1H3/t5-,6+,7-,8-/m0/s1. The number of hydrogen-bond acceptors (Lipinski definition) is 3. The maximum atomic E-state index is 11.3. The van der Waals surface area contributed by atoms with Gasteiger partial charge in [-0.05, 0) is 18.8 Å². The van der Waals surface area contributed by atoms with E-state index in [1.165, 1.54) is 7.11 Å². The molecule has 2 aliphatic rings. The molecule has 0 aromatic heterocycles. The Hall–Kier alpha value is -0.280. The van der Waals surface area contributed by atoms with Gasteiger partial charge in [0.15, 0.2) is 6.10 Å². The second-order valence-corrected chi connectivity index (χ2v) is 4.27. The minimum atomic E-state index is -0.417. The molecular formula is C9H13ClO3. The van der Waals surface area contributed by atoms with Gasteiger partial charge in [0.2, 0.25) is 0 Å². The Morgan fingerprint density at radius 2 is 2.31 bits per heavy atom. The lowest BCUT2D eigenvalue weighted by atomic mass is 9.94. The van der Waals surface area contributed by atoms with Gasteiger partial charge in [0.25, 0.3) is 0 Å². The lowest BCUT2D eigenvalue weighted by Crippen LogP contribution is -2.32. The molecular weight excluding hydrogens is 192 g/mol. The molecule has 1 aliphatic carbocycles. The number of methoxy groups -OCH3 is 1. The molecule has 0 bridgehead atoms. The predicted octanol–water partition coefficient (Wildman–Crippen LogP) is 1.19. The monoisotopic (exact) mass is 204 g/mol. The summed E-state index contributed by atoms with van der Waals surface area (Å²) in [6.45, 7) is 0.660. The van der Waals surface area contributed by atoms with Gasteiger partial charge in [-0.2, -0.15) is 0 Å². The summed E-state index contributed by atoms with van der Waals surface area (Å²) in [4.78, 5) is 11.3. The van der Waals surface area contributed by atoms with E-state index in [0.29, 0.717) is 12.5 Å². The van der Waals surface area contributed by atoms with Gasteiger partial charge in [-0.1, -0.05) is 0 Å². The average Bonchev–Trinajstić information content (AvgIpc) is 2.68. The number of ether oxygens (including phenoxy) is 2. The van der Waals surface area contributed by atoms with Crippen LogP contribution in [0.1, 0.15) is 12.8 Å². The Labute approximate surface area is 82.3 Å². The van der Waals surface area contributed by atoms with Gasteiger partial charge < -0.3 is 9.47 Å². The molecule has 4 heteroatoms. The molecule has 2 fully saturated rings. The molecule has 0 spiro atoms. The van der Waals surface area contributed by atoms with Crippen molar-refractivity contribution in [2.45, 2.75) is 24.3 Å². The summed E-state index contributed by atoms with van der Waals surface area (Å²) in [6.07, 6.45) is 1.65. The molecule has 4 atom stereocenters. The van der Waals surface area contributed by atoms with Gasteiger partial charge in [-0.3, -0.25) is 0 Å². The van der Waals surface area contributed by atoms with Crippen molar-refractivity contribution in [1.29, 1.82) is 0 Å². The van der Waals surface area contributed by atoms with Crippen LogP contribution < -0.4 is 0 Å². The zero-order chi connectivity index (χ0) is 9.42. The number of halogens is 1. The van der Waals surface area contributed by atoms with E-state index in [9.17, 15) is 4.79 Å². The fourth-order valence-corrected chi connectivity index (χ4v) is 2.83. The van der Waals surface area contributed by atoms with Crippen LogP contribution in [-0.2, 0) is 14.3 Å². The van der Waals surface area contributed by atoms with Crippen molar-refractivity contribution in [3.63, 3.8) is 0 Å². The molecule has 0 amide bonds. The smallest absolute Gasteiger partial charge is 0.335 e. The number of rotatable bonds is 1. The van der Waals surface area contributed by atoms with E-state index in [0.717, 1.165) is 12.8 Å². The highest BCUT2D eigenvalue weighted by Crippen LogP contribution is 2.43. The molecule has 0 aromatic carbocycles. The summed E-state index contributed by atoms with van der Waals surface area (Å²) in [6, 6.07) is 0. The second-order valence-electron chi connectivity index (χ2n) is 3.71. The summed E-state index contributed by atoms with van der Waals surface area (Å²) >= 11 is 6.12. The van der Waals surface area contributed by atoms with E-state index < -0.39 is 6.10 Å². The molecule has 2 rings (SSSR count). The van der Waals surface area contributed by atoms with E-state index in [1.807, 2.05) is 0 Å². The van der Waals surface area contributed by atoms with Crippen LogP contribution in [0.15, 0.2) is 0 Å². The van der Waals surface area contributed by atoms with Crippen LogP contribution in [0.3, 0.4) is 0 Å². The molecule has 1 saturated carbocycles. The maximum absolute atomic E-state index is 11.3. The molecule has 0 aromatic rings. The Morgan fingerprint density at radius 3 is 3.00 bits per heavy atom. The topological polar surface area (TPSA) is 35.5 Å². The zero-order valence-corrected chi connectivity index (χ0v) is 8.29. The summed E-state index contributed by atoms with van der Waals surface area (Å²) in [5.41, 5.74) is 0. The number of alkyl halides is 1. The Bertz CT molecular complexity index is 219. The molecule has 74 valence electrons. The normalized spacial score (nSPS) is 43.2. The first-order chi connectivity index (χ1) is 6.24. The molecule has 1 saturated heterocycles. The number of carbonyl (C=O) groups is 1. The molecule has 0 radical (unpaired) electrons. The van der Waals surface area contributed by atoms with Crippen LogP contribution in [-0.4, -0.2) is 31.2 Å². The molecule has 0 unspecified atom stereocenters. The van der Waals surface area contributed by atoms with Crippen molar-refractivity contribution in [2.24, 2.45) is 11.8 Å². The van der Waals surface area contributed by atoms with Gasteiger partial charge in [0.1, 0.15) is 0 Å². The van der Waals surface area contributed by atoms with E-state index in [2.05, 4.69) is 4.74 Å². The van der Waals surface area contributed by atoms with E-state index in [4.69, 9.17) is 16.3 Å². The second kappa shape index (κ2) is 3.46. The van der Waals surface area contributed by atoms with E-state index in [-0.39, 0.29) is 17.3 Å². The first-order valence-corrected chi connectivity index (χ1v) is 5.01. The van der Waals surface area contributed by atoms with Gasteiger partial charge in [0.05, 0.1) is 13.7 Å². The van der Waals surface area contributed by atoms with Crippen molar-refractivity contribution in [3.05, 3.63) is 0 Å². The van der Waals surface area contributed by atoms with Crippen molar-refractivity contribution in [1.82, 2.24) is 0 Å². The predicted molar refractivity (Wildman–Crippen MR) is 47.6 cm³/mol. The molecule has 13 heavy (non-hydrogen) atoms. The lowest BCUT2D eigenvalue weighted by Gasteiger charge is -2.17. The maximum Gasteiger partial charge on any atom is 0.335 e. The Balaban J connectivity index is 2.10. The van der Waals surface area contributed by atoms with Gasteiger partial charge >= 0.3 is 5.97 Å². The van der Waals surface area contributed by atoms with Gasteiger partial charge in [-0.15, -0.1) is 11.6 Å². The largest absolute Gasteiger partial charge is 0.467 e. The fraction of sp³-hybridized carbons (Fsp3) is 0.889.